The van der Waals surface area contributed by atoms with Crippen molar-refractivity contribution in [3.63, 3.8) is 0 Å². The molecule has 2 atom stereocenters. The number of aliphatic hydroxyl groups excluding tert-OH is 1. The maximum absolute atomic E-state index is 10.2. The van der Waals surface area contributed by atoms with E-state index in [9.17, 15) is 5.11 Å². The van der Waals surface area contributed by atoms with Crippen LogP contribution in [0.25, 0.3) is 0 Å². The second kappa shape index (κ2) is 6.39. The first-order valence-corrected chi connectivity index (χ1v) is 8.16. The molecule has 0 spiro atoms. The average Bonchev–Trinajstić information content (AvgIpc) is 2.97. The molecule has 1 N–H and O–H groups in total. The van der Waals surface area contributed by atoms with Crippen LogP contribution in [0.15, 0.2) is 22.8 Å². The highest BCUT2D eigenvalue weighted by Crippen LogP contribution is 2.36. The number of rotatable bonds is 5. The van der Waals surface area contributed by atoms with E-state index in [2.05, 4.69) is 34.9 Å². The van der Waals surface area contributed by atoms with Crippen LogP contribution in [0.1, 0.15) is 43.0 Å². The average molecular weight is 364 g/mol. The summed E-state index contributed by atoms with van der Waals surface area (Å²) in [6.45, 7) is 4.26. The van der Waals surface area contributed by atoms with Crippen molar-refractivity contribution in [2.24, 2.45) is 0 Å². The van der Waals surface area contributed by atoms with Gasteiger partial charge in [-0.05, 0) is 41.4 Å². The maximum atomic E-state index is 10.2. The third kappa shape index (κ3) is 3.60. The van der Waals surface area contributed by atoms with Crippen molar-refractivity contribution < 1.29 is 5.11 Å². The number of aliphatic hydroxyl groups is 1. The van der Waals surface area contributed by atoms with Gasteiger partial charge in [0.05, 0.1) is 11.8 Å². The van der Waals surface area contributed by atoms with Gasteiger partial charge in [-0.2, -0.15) is 5.10 Å². The summed E-state index contributed by atoms with van der Waals surface area (Å²) < 4.78 is 3.44. The molecular weight excluding hydrogens is 348 g/mol. The Labute approximate surface area is 130 Å². The molecule has 6 heteroatoms. The van der Waals surface area contributed by atoms with Crippen LogP contribution in [0.3, 0.4) is 0 Å². The van der Waals surface area contributed by atoms with E-state index in [-0.39, 0.29) is 0 Å². The summed E-state index contributed by atoms with van der Waals surface area (Å²) in [5.41, 5.74) is 0.897. The van der Waals surface area contributed by atoms with Gasteiger partial charge in [-0.15, -0.1) is 11.3 Å². The van der Waals surface area contributed by atoms with Crippen LogP contribution in [0.5, 0.6) is 0 Å². The fourth-order valence-corrected chi connectivity index (χ4v) is 3.47. The van der Waals surface area contributed by atoms with E-state index in [1.807, 2.05) is 23.0 Å². The van der Waals surface area contributed by atoms with Crippen molar-refractivity contribution in [2.45, 2.75) is 38.8 Å². The fourth-order valence-electron chi connectivity index (χ4n) is 1.75. The number of aromatic nitrogens is 2. The second-order valence-electron chi connectivity index (χ2n) is 4.53. The Balaban J connectivity index is 2.06. The lowest BCUT2D eigenvalue weighted by atomic mass is 10.2. The summed E-state index contributed by atoms with van der Waals surface area (Å²) in [6, 6.07) is 4.21. The molecule has 0 saturated carbocycles. The Morgan fingerprint density at radius 3 is 2.89 bits per heavy atom. The lowest BCUT2D eigenvalue weighted by Crippen LogP contribution is -2.06. The van der Waals surface area contributed by atoms with Crippen LogP contribution >= 0.6 is 38.9 Å². The van der Waals surface area contributed by atoms with Gasteiger partial charge < -0.3 is 5.11 Å². The van der Waals surface area contributed by atoms with Gasteiger partial charge >= 0.3 is 0 Å². The number of halogens is 2. The summed E-state index contributed by atoms with van der Waals surface area (Å²) in [5.74, 6) is 0. The summed E-state index contributed by atoms with van der Waals surface area (Å²) in [4.78, 5) is 0.856. The van der Waals surface area contributed by atoms with Gasteiger partial charge in [0, 0.05) is 28.0 Å². The Kier molecular flexibility index (Phi) is 5.06. The third-order valence-electron chi connectivity index (χ3n) is 3.10. The molecule has 0 bridgehead atoms. The fraction of sp³-hybridized carbons (Fsp3) is 0.462. The molecule has 104 valence electrons. The number of hydrogen-bond donors (Lipinski definition) is 1. The number of nitrogens with zero attached hydrogens (tertiary/aromatic N) is 2. The number of thiophene rings is 1. The molecule has 2 aromatic heterocycles. The molecule has 19 heavy (non-hydrogen) atoms. The van der Waals surface area contributed by atoms with Crippen molar-refractivity contribution >= 4 is 38.9 Å². The molecule has 0 fully saturated rings. The van der Waals surface area contributed by atoms with Crippen molar-refractivity contribution in [1.82, 2.24) is 9.78 Å². The molecule has 0 amide bonds. The standard InChI is InChI=1S/C13H16BrClN2OS/c1-3-8(2)17-5-4-9(16-17)6-11(18)12-7-10(14)13(15)19-12/h4-5,7-8,11,18H,3,6H2,1-2H3. The normalized spacial score (nSPS) is 14.6. The molecule has 2 aromatic rings. The Bertz CT molecular complexity index is 535. The third-order valence-corrected chi connectivity index (χ3v) is 5.68. The molecule has 0 aliphatic carbocycles. The molecule has 0 radical (unpaired) electrons. The van der Waals surface area contributed by atoms with Crippen LogP contribution < -0.4 is 0 Å². The molecule has 0 aliphatic heterocycles. The highest BCUT2D eigenvalue weighted by atomic mass is 79.9. The van der Waals surface area contributed by atoms with Gasteiger partial charge in [0.15, 0.2) is 0 Å². The van der Waals surface area contributed by atoms with E-state index in [1.165, 1.54) is 11.3 Å². The Morgan fingerprint density at radius 2 is 2.32 bits per heavy atom. The monoisotopic (exact) mass is 362 g/mol. The van der Waals surface area contributed by atoms with Gasteiger partial charge in [-0.3, -0.25) is 4.68 Å². The highest BCUT2D eigenvalue weighted by molar-refractivity contribution is 9.10. The van der Waals surface area contributed by atoms with Crippen LogP contribution in [0.4, 0.5) is 0 Å². The zero-order valence-electron chi connectivity index (χ0n) is 10.8. The molecule has 0 aromatic carbocycles. The zero-order valence-corrected chi connectivity index (χ0v) is 14.0. The first-order chi connectivity index (χ1) is 9.01. The van der Waals surface area contributed by atoms with Gasteiger partial charge in [0.1, 0.15) is 4.34 Å². The minimum atomic E-state index is -0.561. The lowest BCUT2D eigenvalue weighted by molar-refractivity contribution is 0.180. The van der Waals surface area contributed by atoms with Crippen LogP contribution in [-0.4, -0.2) is 14.9 Å². The topological polar surface area (TPSA) is 38.0 Å². The van der Waals surface area contributed by atoms with Gasteiger partial charge in [-0.1, -0.05) is 18.5 Å². The smallest absolute Gasteiger partial charge is 0.107 e. The van der Waals surface area contributed by atoms with E-state index < -0.39 is 6.10 Å². The maximum Gasteiger partial charge on any atom is 0.107 e. The predicted octanol–water partition coefficient (Wildman–Crippen LogP) is 4.61. The SMILES string of the molecule is CCC(C)n1ccc(CC(O)c2cc(Br)c(Cl)s2)n1. The minimum Gasteiger partial charge on any atom is -0.387 e. The minimum absolute atomic E-state index is 0.385. The van der Waals surface area contributed by atoms with E-state index in [4.69, 9.17) is 11.6 Å². The van der Waals surface area contributed by atoms with E-state index in [1.54, 1.807) is 0 Å². The van der Waals surface area contributed by atoms with Crippen LogP contribution in [0, 0.1) is 0 Å². The summed E-state index contributed by atoms with van der Waals surface area (Å²) >= 11 is 10.7. The molecule has 2 heterocycles. The van der Waals surface area contributed by atoms with Gasteiger partial charge in [0.25, 0.3) is 0 Å². The molecule has 0 saturated heterocycles. The van der Waals surface area contributed by atoms with Crippen molar-refractivity contribution in [3.8, 4) is 0 Å². The second-order valence-corrected chi connectivity index (χ2v) is 7.07. The van der Waals surface area contributed by atoms with Crippen molar-refractivity contribution in [1.29, 1.82) is 0 Å². The molecular formula is C13H16BrClN2OS. The largest absolute Gasteiger partial charge is 0.387 e. The van der Waals surface area contributed by atoms with Crippen LogP contribution in [-0.2, 0) is 6.42 Å². The van der Waals surface area contributed by atoms with Gasteiger partial charge in [-0.25, -0.2) is 0 Å². The van der Waals surface area contributed by atoms with Crippen molar-refractivity contribution in [2.75, 3.05) is 0 Å². The summed E-state index contributed by atoms with van der Waals surface area (Å²) in [5, 5.41) is 14.7. The predicted molar refractivity (Wildman–Crippen MR) is 82.9 cm³/mol. The number of hydrogen-bond acceptors (Lipinski definition) is 3. The molecule has 3 nitrogen and oxygen atoms in total. The van der Waals surface area contributed by atoms with E-state index >= 15 is 0 Å². The Hall–Kier alpha value is -0.360. The van der Waals surface area contributed by atoms with Crippen LogP contribution in [0.2, 0.25) is 4.34 Å². The lowest BCUT2D eigenvalue weighted by Gasteiger charge is -2.09. The van der Waals surface area contributed by atoms with E-state index in [0.29, 0.717) is 16.8 Å². The molecule has 2 unspecified atom stereocenters. The zero-order chi connectivity index (χ0) is 14.0. The quantitative estimate of drug-likeness (QED) is 0.842. The Morgan fingerprint density at radius 1 is 1.58 bits per heavy atom. The molecule has 2 rings (SSSR count). The highest BCUT2D eigenvalue weighted by Gasteiger charge is 2.15. The first-order valence-electron chi connectivity index (χ1n) is 6.18. The van der Waals surface area contributed by atoms with E-state index in [0.717, 1.165) is 21.5 Å². The summed E-state index contributed by atoms with van der Waals surface area (Å²) in [6.07, 6.45) is 2.95. The van der Waals surface area contributed by atoms with Gasteiger partial charge in [0.2, 0.25) is 0 Å². The first kappa shape index (κ1) is 15.0. The molecule has 0 aliphatic rings. The van der Waals surface area contributed by atoms with Crippen molar-refractivity contribution in [3.05, 3.63) is 37.7 Å². The summed E-state index contributed by atoms with van der Waals surface area (Å²) in [7, 11) is 0.